The number of aliphatic hydroxyl groups is 1. The number of amidine groups is 1. The van der Waals surface area contributed by atoms with Crippen LogP contribution in [0.1, 0.15) is 45.1 Å². The number of rotatable bonds is 6. The standard InChI is InChI=1S/C29H34N4O4S/c1-28(2)19-12-13-29(28,24(35)14-19)26(37)33-27(38-17-18-8-4-3-5-9-18)32-22-11-7-6-10-21(22)31-25(36)23-15-20(34)16-30-23/h3-11,19-20,23,30,34H,12-17H2,1-2H3,(H,31,36)(H,32,33,37)/t19-,20-,23+,29-/m1/s1. The van der Waals surface area contributed by atoms with Crippen molar-refractivity contribution in [1.29, 1.82) is 0 Å². The largest absolute Gasteiger partial charge is 0.392 e. The third-order valence-corrected chi connectivity index (χ3v) is 9.48. The minimum atomic E-state index is -1.05. The number of hydrogen-bond acceptors (Lipinski definition) is 7. The summed E-state index contributed by atoms with van der Waals surface area (Å²) in [6, 6.07) is 16.5. The van der Waals surface area contributed by atoms with E-state index in [0.29, 0.717) is 48.1 Å². The lowest BCUT2D eigenvalue weighted by atomic mass is 9.68. The summed E-state index contributed by atoms with van der Waals surface area (Å²) in [5.41, 5.74) is 0.615. The molecule has 5 rings (SSSR count). The van der Waals surface area contributed by atoms with Gasteiger partial charge in [-0.3, -0.25) is 14.4 Å². The van der Waals surface area contributed by atoms with E-state index in [-0.39, 0.29) is 23.5 Å². The number of Topliss-reactive ketones (excluding diaryl/α,β-unsaturated/α-hetero) is 1. The number of aliphatic hydroxyl groups excluding tert-OH is 1. The highest BCUT2D eigenvalue weighted by atomic mass is 32.2. The van der Waals surface area contributed by atoms with Gasteiger partial charge in [0.1, 0.15) is 11.2 Å². The van der Waals surface area contributed by atoms with Gasteiger partial charge in [-0.2, -0.15) is 0 Å². The van der Waals surface area contributed by atoms with Crippen LogP contribution in [0.15, 0.2) is 59.6 Å². The molecular formula is C29H34N4O4S. The number of thioether (sulfide) groups is 1. The molecular weight excluding hydrogens is 500 g/mol. The predicted molar refractivity (Wildman–Crippen MR) is 149 cm³/mol. The zero-order valence-electron chi connectivity index (χ0n) is 21.7. The number of carbonyl (C=O) groups is 3. The second-order valence-corrected chi connectivity index (χ2v) is 12.0. The topological polar surface area (TPSA) is 120 Å². The van der Waals surface area contributed by atoms with Crippen molar-refractivity contribution in [3.63, 3.8) is 0 Å². The molecule has 2 amide bonds. The van der Waals surface area contributed by atoms with Gasteiger partial charge in [0.2, 0.25) is 11.8 Å². The molecule has 4 atom stereocenters. The molecule has 0 spiro atoms. The van der Waals surface area contributed by atoms with E-state index in [1.54, 1.807) is 18.2 Å². The van der Waals surface area contributed by atoms with E-state index in [1.165, 1.54) is 11.8 Å². The minimum Gasteiger partial charge on any atom is -0.392 e. The molecule has 2 aromatic rings. The molecule has 0 aromatic heterocycles. The molecule has 3 fully saturated rings. The molecule has 1 aliphatic heterocycles. The minimum absolute atomic E-state index is 0.0163. The third kappa shape index (κ3) is 4.90. The van der Waals surface area contributed by atoms with Crippen molar-refractivity contribution in [1.82, 2.24) is 10.6 Å². The van der Waals surface area contributed by atoms with Crippen LogP contribution in [0.4, 0.5) is 11.4 Å². The van der Waals surface area contributed by atoms with Crippen molar-refractivity contribution < 1.29 is 19.5 Å². The Hall–Kier alpha value is -3.01. The predicted octanol–water partition coefficient (Wildman–Crippen LogP) is 3.78. The van der Waals surface area contributed by atoms with E-state index in [1.807, 2.05) is 50.2 Å². The Bertz CT molecular complexity index is 1260. The molecule has 2 aromatic carbocycles. The first kappa shape index (κ1) is 26.6. The van der Waals surface area contributed by atoms with Gasteiger partial charge in [0.25, 0.3) is 0 Å². The van der Waals surface area contributed by atoms with Crippen LogP contribution in [0.2, 0.25) is 0 Å². The summed E-state index contributed by atoms with van der Waals surface area (Å²) in [5, 5.41) is 19.1. The van der Waals surface area contributed by atoms with Crippen molar-refractivity contribution in [2.45, 2.75) is 57.4 Å². The number of β-amino-alcohol motifs (C(OH)–C–C–N with tert-alkyl or cyclic N) is 1. The highest BCUT2D eigenvalue weighted by Crippen LogP contribution is 2.64. The number of ketones is 1. The van der Waals surface area contributed by atoms with E-state index in [0.717, 1.165) is 12.0 Å². The van der Waals surface area contributed by atoms with Crippen LogP contribution in [0.5, 0.6) is 0 Å². The maximum absolute atomic E-state index is 13.8. The Labute approximate surface area is 227 Å². The number of amides is 2. The Morgan fingerprint density at radius 1 is 1.13 bits per heavy atom. The summed E-state index contributed by atoms with van der Waals surface area (Å²) < 4.78 is 0. The molecule has 2 bridgehead atoms. The van der Waals surface area contributed by atoms with E-state index in [4.69, 9.17) is 4.99 Å². The first-order valence-corrected chi connectivity index (χ1v) is 14.1. The smallest absolute Gasteiger partial charge is 0.241 e. The van der Waals surface area contributed by atoms with Crippen molar-refractivity contribution in [3.8, 4) is 0 Å². The van der Waals surface area contributed by atoms with E-state index >= 15 is 0 Å². The fourth-order valence-electron chi connectivity index (χ4n) is 6.16. The van der Waals surface area contributed by atoms with E-state index < -0.39 is 23.0 Å². The number of aliphatic imine (C=N–C) groups is 1. The van der Waals surface area contributed by atoms with Gasteiger partial charge in [0, 0.05) is 18.7 Å². The van der Waals surface area contributed by atoms with Gasteiger partial charge in [-0.25, -0.2) is 4.99 Å². The zero-order chi connectivity index (χ0) is 26.9. The van der Waals surface area contributed by atoms with Crippen molar-refractivity contribution in [2.24, 2.45) is 21.7 Å². The average Bonchev–Trinajstić information content (AvgIpc) is 3.51. The maximum atomic E-state index is 13.8. The van der Waals surface area contributed by atoms with Crippen LogP contribution in [-0.4, -0.2) is 46.6 Å². The molecule has 4 N–H and O–H groups in total. The first-order valence-electron chi connectivity index (χ1n) is 13.1. The molecule has 0 radical (unpaired) electrons. The summed E-state index contributed by atoms with van der Waals surface area (Å²) in [5.74, 6) is 0.267. The number of carbonyl (C=O) groups excluding carboxylic acids is 3. The molecule has 1 heterocycles. The quantitative estimate of drug-likeness (QED) is 0.254. The number of benzene rings is 2. The third-order valence-electron chi connectivity index (χ3n) is 8.53. The molecule has 3 aliphatic rings. The molecule has 2 saturated carbocycles. The molecule has 200 valence electrons. The maximum Gasteiger partial charge on any atom is 0.241 e. The Morgan fingerprint density at radius 2 is 1.87 bits per heavy atom. The molecule has 9 heteroatoms. The van der Waals surface area contributed by atoms with Gasteiger partial charge >= 0.3 is 0 Å². The summed E-state index contributed by atoms with van der Waals surface area (Å²) in [7, 11) is 0. The summed E-state index contributed by atoms with van der Waals surface area (Å²) in [6.07, 6.45) is 1.67. The summed E-state index contributed by atoms with van der Waals surface area (Å²) in [6.45, 7) is 4.44. The Kier molecular flexibility index (Phi) is 7.44. The lowest BCUT2D eigenvalue weighted by molar-refractivity contribution is -0.143. The number of hydrogen-bond donors (Lipinski definition) is 4. The molecule has 0 unspecified atom stereocenters. The van der Waals surface area contributed by atoms with E-state index in [2.05, 4.69) is 16.0 Å². The second kappa shape index (κ2) is 10.6. The van der Waals surface area contributed by atoms with Crippen molar-refractivity contribution >= 4 is 45.9 Å². The average molecular weight is 535 g/mol. The van der Waals surface area contributed by atoms with Crippen LogP contribution < -0.4 is 16.0 Å². The zero-order valence-corrected chi connectivity index (χ0v) is 22.5. The summed E-state index contributed by atoms with van der Waals surface area (Å²) >= 11 is 1.38. The van der Waals surface area contributed by atoms with Crippen LogP contribution in [0.3, 0.4) is 0 Å². The first-order chi connectivity index (χ1) is 18.2. The van der Waals surface area contributed by atoms with Crippen LogP contribution >= 0.6 is 11.8 Å². The SMILES string of the molecule is CC1(C)[C@@H]2CC[C@]1(C(=O)NC(=Nc1ccccc1NC(=O)[C@@H]1C[C@@H](O)CN1)SCc1ccccc1)C(=O)C2. The lowest BCUT2D eigenvalue weighted by Gasteiger charge is -2.34. The Morgan fingerprint density at radius 3 is 2.53 bits per heavy atom. The molecule has 1 saturated heterocycles. The van der Waals surface area contributed by atoms with Crippen LogP contribution in [0, 0.1) is 16.7 Å². The Balaban J connectivity index is 1.42. The number of anilines is 1. The van der Waals surface area contributed by atoms with Crippen molar-refractivity contribution in [2.75, 3.05) is 11.9 Å². The number of nitrogens with zero attached hydrogens (tertiary/aromatic N) is 1. The highest BCUT2D eigenvalue weighted by Gasteiger charge is 2.68. The van der Waals surface area contributed by atoms with Gasteiger partial charge in [0.05, 0.1) is 23.5 Å². The van der Waals surface area contributed by atoms with Gasteiger partial charge in [0.15, 0.2) is 5.17 Å². The van der Waals surface area contributed by atoms with Crippen molar-refractivity contribution in [3.05, 3.63) is 60.2 Å². The second-order valence-electron chi connectivity index (χ2n) is 11.0. The van der Waals surface area contributed by atoms with Gasteiger partial charge in [-0.15, -0.1) is 0 Å². The fourth-order valence-corrected chi connectivity index (χ4v) is 6.98. The van der Waals surface area contributed by atoms with Gasteiger partial charge < -0.3 is 21.1 Å². The monoisotopic (exact) mass is 534 g/mol. The van der Waals surface area contributed by atoms with Gasteiger partial charge in [-0.1, -0.05) is 68.1 Å². The number of para-hydroxylation sites is 2. The molecule has 8 nitrogen and oxygen atoms in total. The normalized spacial score (nSPS) is 27.9. The molecule has 38 heavy (non-hydrogen) atoms. The van der Waals surface area contributed by atoms with Crippen LogP contribution in [0.25, 0.3) is 0 Å². The fraction of sp³-hybridized carbons (Fsp3) is 0.448. The summed E-state index contributed by atoms with van der Waals surface area (Å²) in [4.78, 5) is 44.5. The lowest BCUT2D eigenvalue weighted by Crippen LogP contribution is -2.50. The molecule has 2 aliphatic carbocycles. The highest BCUT2D eigenvalue weighted by molar-refractivity contribution is 8.13. The van der Waals surface area contributed by atoms with Crippen LogP contribution in [-0.2, 0) is 20.1 Å². The van der Waals surface area contributed by atoms with Gasteiger partial charge in [-0.05, 0) is 48.3 Å². The van der Waals surface area contributed by atoms with E-state index in [9.17, 15) is 19.5 Å². The number of fused-ring (bicyclic) bond motifs is 2. The number of nitrogens with one attached hydrogen (secondary N) is 3.